The highest BCUT2D eigenvalue weighted by Gasteiger charge is 2.25. The van der Waals surface area contributed by atoms with Crippen LogP contribution in [-0.4, -0.2) is 17.7 Å². The molecule has 0 fully saturated rings. The summed E-state index contributed by atoms with van der Waals surface area (Å²) in [6.45, 7) is 3.50. The molecule has 0 heterocycles. The number of alkyl halides is 3. The molecule has 0 aromatic carbocycles. The van der Waals surface area contributed by atoms with E-state index in [1.54, 1.807) is 0 Å². The van der Waals surface area contributed by atoms with Gasteiger partial charge in [-0.25, -0.2) is 0 Å². The molecule has 0 N–H and O–H groups in total. The van der Waals surface area contributed by atoms with Gasteiger partial charge in [-0.3, -0.25) is 0 Å². The van der Waals surface area contributed by atoms with Gasteiger partial charge < -0.3 is 0 Å². The van der Waals surface area contributed by atoms with Crippen LogP contribution in [0.25, 0.3) is 0 Å². The number of rotatable bonds is 4. The normalized spacial score (nSPS) is 12.0. The summed E-state index contributed by atoms with van der Waals surface area (Å²) >= 11 is 1.44. The molecule has 0 aliphatic rings. The smallest absolute Gasteiger partial charge is 0.171 e. The summed E-state index contributed by atoms with van der Waals surface area (Å²) in [6, 6.07) is 0. The molecule has 0 aliphatic carbocycles. The van der Waals surface area contributed by atoms with Crippen molar-refractivity contribution in [3.05, 3.63) is 6.92 Å². The molecule has 0 bridgehead atoms. The minimum Gasteiger partial charge on any atom is -0.171 e. The summed E-state index contributed by atoms with van der Waals surface area (Å²) in [5.41, 5.74) is 0. The van der Waals surface area contributed by atoms with E-state index in [0.717, 1.165) is 0 Å². The molecular weight excluding hydrogens is 161 g/mol. The van der Waals surface area contributed by atoms with Gasteiger partial charge in [-0.1, -0.05) is 0 Å². The second-order valence-electron chi connectivity index (χ2n) is 1.83. The Morgan fingerprint density at radius 3 is 2.30 bits per heavy atom. The summed E-state index contributed by atoms with van der Waals surface area (Å²) in [7, 11) is 0. The van der Waals surface area contributed by atoms with Crippen molar-refractivity contribution in [1.82, 2.24) is 0 Å². The van der Waals surface area contributed by atoms with Crippen LogP contribution in [0.5, 0.6) is 0 Å². The zero-order chi connectivity index (χ0) is 8.04. The van der Waals surface area contributed by atoms with Gasteiger partial charge in [0.05, 0.1) is 0 Å². The Bertz CT molecular complexity index is 79.6. The molecule has 4 heteroatoms. The molecule has 0 unspecified atom stereocenters. The Kier molecular flexibility index (Phi) is 4.95. The summed E-state index contributed by atoms with van der Waals surface area (Å²) in [5.74, 6) is 1.21. The van der Waals surface area contributed by atoms with Crippen LogP contribution in [-0.2, 0) is 0 Å². The summed E-state index contributed by atoms with van der Waals surface area (Å²) in [4.78, 5) is 0. The maximum Gasteiger partial charge on any atom is 0.389 e. The lowest BCUT2D eigenvalue weighted by molar-refractivity contribution is -0.134. The van der Waals surface area contributed by atoms with E-state index in [-0.39, 0.29) is 6.42 Å². The average molecular weight is 171 g/mol. The van der Waals surface area contributed by atoms with Crippen molar-refractivity contribution < 1.29 is 13.2 Å². The van der Waals surface area contributed by atoms with Crippen molar-refractivity contribution in [3.63, 3.8) is 0 Å². The lowest BCUT2D eigenvalue weighted by Crippen LogP contribution is -2.06. The minimum absolute atomic E-state index is 0.212. The Morgan fingerprint density at radius 2 is 1.90 bits per heavy atom. The van der Waals surface area contributed by atoms with Gasteiger partial charge in [0.2, 0.25) is 0 Å². The second kappa shape index (κ2) is 4.88. The van der Waals surface area contributed by atoms with Crippen LogP contribution in [0.2, 0.25) is 0 Å². The van der Waals surface area contributed by atoms with E-state index in [9.17, 15) is 13.2 Å². The lowest BCUT2D eigenvalue weighted by Gasteiger charge is -2.03. The molecule has 0 saturated heterocycles. The summed E-state index contributed by atoms with van der Waals surface area (Å²) in [5, 5.41) is 0. The zero-order valence-corrected chi connectivity index (χ0v) is 6.39. The summed E-state index contributed by atoms with van der Waals surface area (Å²) in [6.07, 6.45) is -4.44. The Hall–Kier alpha value is 0.140. The van der Waals surface area contributed by atoms with E-state index < -0.39 is 12.6 Å². The van der Waals surface area contributed by atoms with Crippen LogP contribution < -0.4 is 0 Å². The van der Waals surface area contributed by atoms with Crippen molar-refractivity contribution in [2.75, 3.05) is 11.5 Å². The fourth-order valence-electron chi connectivity index (χ4n) is 0.477. The fraction of sp³-hybridized carbons (Fsp3) is 0.833. The predicted octanol–water partition coefficient (Wildman–Crippen LogP) is 2.90. The van der Waals surface area contributed by atoms with Crippen molar-refractivity contribution in [2.24, 2.45) is 0 Å². The Morgan fingerprint density at radius 1 is 1.30 bits per heavy atom. The van der Waals surface area contributed by atoms with Crippen LogP contribution in [0.4, 0.5) is 13.2 Å². The predicted molar refractivity (Wildman–Crippen MR) is 38.0 cm³/mol. The molecule has 0 nitrogen and oxygen atoms in total. The van der Waals surface area contributed by atoms with Gasteiger partial charge in [0, 0.05) is 6.42 Å². The van der Waals surface area contributed by atoms with Crippen LogP contribution in [0.1, 0.15) is 12.8 Å². The van der Waals surface area contributed by atoms with E-state index in [1.807, 2.05) is 0 Å². The van der Waals surface area contributed by atoms with E-state index in [1.165, 1.54) is 11.8 Å². The van der Waals surface area contributed by atoms with Gasteiger partial charge in [0.1, 0.15) is 0 Å². The highest BCUT2D eigenvalue weighted by Crippen LogP contribution is 2.22. The van der Waals surface area contributed by atoms with E-state index >= 15 is 0 Å². The lowest BCUT2D eigenvalue weighted by atomic mass is 10.3. The van der Waals surface area contributed by atoms with Gasteiger partial charge in [-0.2, -0.15) is 24.9 Å². The number of hydrogen-bond donors (Lipinski definition) is 0. The molecule has 0 rings (SSSR count). The first-order valence-corrected chi connectivity index (χ1v) is 4.15. The van der Waals surface area contributed by atoms with Crippen molar-refractivity contribution in [3.8, 4) is 0 Å². The maximum absolute atomic E-state index is 11.5. The third-order valence-electron chi connectivity index (χ3n) is 0.893. The van der Waals surface area contributed by atoms with Crippen LogP contribution in [0.3, 0.4) is 0 Å². The van der Waals surface area contributed by atoms with Crippen LogP contribution in [0.15, 0.2) is 0 Å². The zero-order valence-electron chi connectivity index (χ0n) is 5.58. The van der Waals surface area contributed by atoms with Crippen LogP contribution in [0, 0.1) is 6.92 Å². The van der Waals surface area contributed by atoms with Crippen molar-refractivity contribution >= 4 is 11.8 Å². The van der Waals surface area contributed by atoms with Crippen molar-refractivity contribution in [2.45, 2.75) is 19.0 Å². The molecule has 61 valence electrons. The van der Waals surface area contributed by atoms with E-state index in [2.05, 4.69) is 6.92 Å². The van der Waals surface area contributed by atoms with Crippen LogP contribution >= 0.6 is 11.8 Å². The standard InChI is InChI=1S/C6H10F3S/c1-2-10-5-3-4-6(7,8)9/h1-5H2. The highest BCUT2D eigenvalue weighted by atomic mass is 32.2. The molecule has 1 radical (unpaired) electrons. The topological polar surface area (TPSA) is 0 Å². The number of thioether (sulfide) groups is 1. The van der Waals surface area contributed by atoms with Gasteiger partial charge in [0.15, 0.2) is 0 Å². The molecule has 0 aromatic rings. The molecule has 0 amide bonds. The van der Waals surface area contributed by atoms with Gasteiger partial charge in [-0.15, -0.1) is 0 Å². The Balaban J connectivity index is 3.04. The Labute approximate surface area is 63.2 Å². The maximum atomic E-state index is 11.5. The molecule has 0 spiro atoms. The van der Waals surface area contributed by atoms with Gasteiger partial charge >= 0.3 is 6.18 Å². The first kappa shape index (κ1) is 10.1. The van der Waals surface area contributed by atoms with Gasteiger partial charge in [0.25, 0.3) is 0 Å². The quantitative estimate of drug-likeness (QED) is 0.586. The third kappa shape index (κ3) is 8.14. The molecule has 0 aromatic heterocycles. The minimum atomic E-state index is -3.98. The molecule has 0 atom stereocenters. The van der Waals surface area contributed by atoms with Crippen molar-refractivity contribution in [1.29, 1.82) is 0 Å². The van der Waals surface area contributed by atoms with E-state index in [0.29, 0.717) is 11.5 Å². The third-order valence-corrected chi connectivity index (χ3v) is 1.76. The monoisotopic (exact) mass is 171 g/mol. The molecule has 10 heavy (non-hydrogen) atoms. The SMILES string of the molecule is [CH2]CSCCCC(F)(F)F. The molecule has 0 aliphatic heterocycles. The molecular formula is C6H10F3S. The van der Waals surface area contributed by atoms with E-state index in [4.69, 9.17) is 0 Å². The largest absolute Gasteiger partial charge is 0.389 e. The average Bonchev–Trinajstić information content (AvgIpc) is 1.78. The highest BCUT2D eigenvalue weighted by molar-refractivity contribution is 7.99. The first-order valence-electron chi connectivity index (χ1n) is 3.00. The molecule has 0 saturated carbocycles. The summed E-state index contributed by atoms with van der Waals surface area (Å²) < 4.78 is 34.4. The number of halogens is 3. The number of hydrogen-bond acceptors (Lipinski definition) is 1. The second-order valence-corrected chi connectivity index (χ2v) is 3.06. The van der Waals surface area contributed by atoms with Gasteiger partial charge in [-0.05, 0) is 24.9 Å². The first-order chi connectivity index (χ1) is 4.56. The fourth-order valence-corrected chi connectivity index (χ4v) is 1.03.